The van der Waals surface area contributed by atoms with E-state index in [0.717, 1.165) is 0 Å². The van der Waals surface area contributed by atoms with Crippen LogP contribution in [0.3, 0.4) is 0 Å². The van der Waals surface area contributed by atoms with E-state index in [4.69, 9.17) is 51.6 Å². The molecule has 0 saturated heterocycles. The molecule has 0 aliphatic heterocycles. The third-order valence-corrected chi connectivity index (χ3v) is 5.92. The Hall–Kier alpha value is -4.15. The van der Waals surface area contributed by atoms with Crippen molar-refractivity contribution in [1.82, 2.24) is 5.43 Å². The van der Waals surface area contributed by atoms with Gasteiger partial charge in [-0.05, 0) is 60.5 Å². The predicted molar refractivity (Wildman–Crippen MR) is 151 cm³/mol. The monoisotopic (exact) mass is 590 g/mol. The van der Waals surface area contributed by atoms with Crippen LogP contribution in [0, 0.1) is 0 Å². The SMILES string of the molecule is COc1cc(C=NNC(=O)CCCOc2ccc(Cl)cc2Cl)ccc1OC(=O)c1cc(OC)c(OC)c(OC)c1. The molecule has 0 aliphatic rings. The van der Waals surface area contributed by atoms with Crippen molar-refractivity contribution >= 4 is 41.3 Å². The lowest BCUT2D eigenvalue weighted by Gasteiger charge is -2.14. The highest BCUT2D eigenvalue weighted by Gasteiger charge is 2.19. The zero-order chi connectivity index (χ0) is 29.1. The molecule has 3 rings (SSSR count). The molecule has 40 heavy (non-hydrogen) atoms. The maximum absolute atomic E-state index is 12.8. The number of nitrogens with zero attached hydrogens (tertiary/aromatic N) is 1. The Morgan fingerprint density at radius 3 is 2.12 bits per heavy atom. The summed E-state index contributed by atoms with van der Waals surface area (Å²) in [7, 11) is 5.81. The molecule has 12 heteroatoms. The van der Waals surface area contributed by atoms with E-state index in [1.807, 2.05) is 0 Å². The van der Waals surface area contributed by atoms with E-state index in [-0.39, 0.29) is 29.4 Å². The average Bonchev–Trinajstić information content (AvgIpc) is 2.95. The van der Waals surface area contributed by atoms with Crippen LogP contribution in [0.2, 0.25) is 10.0 Å². The van der Waals surface area contributed by atoms with Gasteiger partial charge >= 0.3 is 5.97 Å². The van der Waals surface area contributed by atoms with Gasteiger partial charge in [-0.2, -0.15) is 5.10 Å². The molecule has 0 heterocycles. The molecule has 3 aromatic rings. The van der Waals surface area contributed by atoms with Crippen molar-refractivity contribution in [2.75, 3.05) is 35.0 Å². The second-order valence-corrected chi connectivity index (χ2v) is 8.88. The van der Waals surface area contributed by atoms with E-state index in [0.29, 0.717) is 51.6 Å². The fourth-order valence-electron chi connectivity index (χ4n) is 3.45. The summed E-state index contributed by atoms with van der Waals surface area (Å²) in [6, 6.07) is 12.7. The Bertz CT molecular complexity index is 1360. The molecule has 1 amide bonds. The lowest BCUT2D eigenvalue weighted by Crippen LogP contribution is -2.18. The van der Waals surface area contributed by atoms with Crippen LogP contribution in [0.25, 0.3) is 0 Å². The minimum atomic E-state index is -0.659. The first-order chi connectivity index (χ1) is 19.3. The topological polar surface area (TPSA) is 114 Å². The second kappa shape index (κ2) is 14.9. The van der Waals surface area contributed by atoms with Crippen molar-refractivity contribution in [3.8, 4) is 34.5 Å². The van der Waals surface area contributed by atoms with Crippen LogP contribution in [0.4, 0.5) is 0 Å². The highest BCUT2D eigenvalue weighted by molar-refractivity contribution is 6.35. The van der Waals surface area contributed by atoms with Crippen LogP contribution in [0.15, 0.2) is 53.6 Å². The molecule has 0 unspecified atom stereocenters. The van der Waals surface area contributed by atoms with Crippen molar-refractivity contribution in [1.29, 1.82) is 0 Å². The number of ether oxygens (including phenoxy) is 6. The third-order valence-electron chi connectivity index (χ3n) is 5.39. The number of halogens is 2. The summed E-state index contributed by atoms with van der Waals surface area (Å²) in [4.78, 5) is 24.9. The quantitative estimate of drug-likeness (QED) is 0.0905. The normalized spacial score (nSPS) is 10.7. The number of carbonyl (C=O) groups excluding carboxylic acids is 2. The lowest BCUT2D eigenvalue weighted by atomic mass is 10.1. The van der Waals surface area contributed by atoms with Crippen molar-refractivity contribution in [3.63, 3.8) is 0 Å². The highest BCUT2D eigenvalue weighted by atomic mass is 35.5. The molecule has 1 N–H and O–H groups in total. The second-order valence-electron chi connectivity index (χ2n) is 8.03. The Balaban J connectivity index is 1.55. The van der Waals surface area contributed by atoms with Gasteiger partial charge < -0.3 is 28.4 Å². The standard InChI is InChI=1S/C28H28Cl2N2O8/c1-35-23-12-17(16-31-32-26(33)6-5-11-39-21-10-8-19(29)15-20(21)30)7-9-22(23)40-28(34)18-13-24(36-2)27(38-4)25(14-18)37-3/h7-10,12-16H,5-6,11H2,1-4H3,(H,32,33). The molecule has 10 nitrogen and oxygen atoms in total. The summed E-state index contributed by atoms with van der Waals surface area (Å²) in [6.45, 7) is 0.298. The van der Waals surface area contributed by atoms with E-state index in [1.165, 1.54) is 46.8 Å². The lowest BCUT2D eigenvalue weighted by molar-refractivity contribution is -0.121. The Labute approximate surface area is 241 Å². The van der Waals surface area contributed by atoms with E-state index < -0.39 is 5.97 Å². The van der Waals surface area contributed by atoms with Gasteiger partial charge in [-0.15, -0.1) is 0 Å². The molecule has 0 fully saturated rings. The summed E-state index contributed by atoms with van der Waals surface area (Å²) in [5.74, 6) is 0.999. The van der Waals surface area contributed by atoms with Gasteiger partial charge in [-0.25, -0.2) is 10.2 Å². The first-order valence-electron chi connectivity index (χ1n) is 11.9. The maximum atomic E-state index is 12.8. The Kier molecular flexibility index (Phi) is 11.3. The first-order valence-corrected chi connectivity index (χ1v) is 12.6. The van der Waals surface area contributed by atoms with Crippen LogP contribution in [-0.4, -0.2) is 53.1 Å². The van der Waals surface area contributed by atoms with Gasteiger partial charge in [0, 0.05) is 11.4 Å². The van der Waals surface area contributed by atoms with Crippen LogP contribution in [0.5, 0.6) is 34.5 Å². The highest BCUT2D eigenvalue weighted by Crippen LogP contribution is 2.39. The van der Waals surface area contributed by atoms with Crippen LogP contribution in [-0.2, 0) is 4.79 Å². The van der Waals surface area contributed by atoms with Crippen LogP contribution >= 0.6 is 23.2 Å². The number of carbonyl (C=O) groups is 2. The van der Waals surface area contributed by atoms with Gasteiger partial charge in [0.2, 0.25) is 11.7 Å². The van der Waals surface area contributed by atoms with Crippen molar-refractivity contribution < 1.29 is 38.0 Å². The van der Waals surface area contributed by atoms with Gasteiger partial charge in [0.05, 0.1) is 51.8 Å². The van der Waals surface area contributed by atoms with Gasteiger partial charge in [0.25, 0.3) is 0 Å². The average molecular weight is 591 g/mol. The number of methoxy groups -OCH3 is 4. The molecule has 0 aromatic heterocycles. The number of hydrazone groups is 1. The number of rotatable bonds is 13. The van der Waals surface area contributed by atoms with Gasteiger partial charge in [0.1, 0.15) is 5.75 Å². The zero-order valence-corrected chi connectivity index (χ0v) is 23.8. The molecule has 0 aliphatic carbocycles. The molecule has 0 radical (unpaired) electrons. The minimum absolute atomic E-state index is 0.184. The van der Waals surface area contributed by atoms with Gasteiger partial charge in [0.15, 0.2) is 23.0 Å². The molecule has 3 aromatic carbocycles. The van der Waals surface area contributed by atoms with Crippen LogP contribution in [0.1, 0.15) is 28.8 Å². The molecule has 212 valence electrons. The fraction of sp³-hybridized carbons (Fsp3) is 0.250. The minimum Gasteiger partial charge on any atom is -0.493 e. The Morgan fingerprint density at radius 2 is 1.50 bits per heavy atom. The van der Waals surface area contributed by atoms with E-state index in [9.17, 15) is 9.59 Å². The van der Waals surface area contributed by atoms with Crippen molar-refractivity contribution in [2.45, 2.75) is 12.8 Å². The van der Waals surface area contributed by atoms with Crippen molar-refractivity contribution in [3.05, 3.63) is 69.7 Å². The van der Waals surface area contributed by atoms with E-state index >= 15 is 0 Å². The molecular weight excluding hydrogens is 563 g/mol. The smallest absolute Gasteiger partial charge is 0.343 e. The summed E-state index contributed by atoms with van der Waals surface area (Å²) in [6.07, 6.45) is 2.09. The van der Waals surface area contributed by atoms with Crippen molar-refractivity contribution in [2.24, 2.45) is 5.10 Å². The largest absolute Gasteiger partial charge is 0.493 e. The summed E-state index contributed by atoms with van der Waals surface area (Å²) in [5.41, 5.74) is 3.25. The molecule has 0 spiro atoms. The van der Waals surface area contributed by atoms with Gasteiger partial charge in [-0.3, -0.25) is 4.79 Å². The van der Waals surface area contributed by atoms with E-state index in [2.05, 4.69) is 10.5 Å². The summed E-state index contributed by atoms with van der Waals surface area (Å²) >= 11 is 11.9. The summed E-state index contributed by atoms with van der Waals surface area (Å²) < 4.78 is 32.3. The maximum Gasteiger partial charge on any atom is 0.343 e. The number of hydrogen-bond acceptors (Lipinski definition) is 9. The first kappa shape index (κ1) is 30.4. The predicted octanol–water partition coefficient (Wildman–Crippen LogP) is 5.56. The zero-order valence-electron chi connectivity index (χ0n) is 22.3. The molecule has 0 saturated carbocycles. The molecule has 0 atom stereocenters. The number of esters is 1. The number of amides is 1. The molecule has 0 bridgehead atoms. The number of hydrogen-bond donors (Lipinski definition) is 1. The van der Waals surface area contributed by atoms with E-state index in [1.54, 1.807) is 36.4 Å². The fourth-order valence-corrected chi connectivity index (χ4v) is 3.91. The third kappa shape index (κ3) is 8.17. The summed E-state index contributed by atoms with van der Waals surface area (Å²) in [5, 5.41) is 4.88. The number of nitrogens with one attached hydrogen (secondary N) is 1. The number of benzene rings is 3. The molecular formula is C28H28Cl2N2O8. The van der Waals surface area contributed by atoms with Crippen LogP contribution < -0.4 is 33.8 Å². The van der Waals surface area contributed by atoms with Gasteiger partial charge in [-0.1, -0.05) is 23.2 Å². The Morgan fingerprint density at radius 1 is 0.825 bits per heavy atom.